The van der Waals surface area contributed by atoms with Gasteiger partial charge in [0.2, 0.25) is 10.0 Å². The minimum absolute atomic E-state index is 0.147. The fraction of sp³-hybridized carbons (Fsp3) is 0.333. The molecule has 1 aromatic heterocycles. The van der Waals surface area contributed by atoms with E-state index in [0.717, 1.165) is 21.0 Å². The first-order chi connectivity index (χ1) is 17.8. The van der Waals surface area contributed by atoms with Crippen LogP contribution in [0.2, 0.25) is 0 Å². The van der Waals surface area contributed by atoms with Gasteiger partial charge in [0, 0.05) is 37.7 Å². The predicted octanol–water partition coefficient (Wildman–Crippen LogP) is 4.04. The van der Waals surface area contributed by atoms with Crippen molar-refractivity contribution in [2.75, 3.05) is 26.8 Å². The number of rotatable bonds is 6. The summed E-state index contributed by atoms with van der Waals surface area (Å²) in [6.45, 7) is 5.34. The van der Waals surface area contributed by atoms with Crippen molar-refractivity contribution in [3.05, 3.63) is 71.0 Å². The second kappa shape index (κ2) is 10.5. The minimum Gasteiger partial charge on any atom is -0.383 e. The zero-order valence-electron chi connectivity index (χ0n) is 21.0. The number of aromatic nitrogens is 1. The molecule has 37 heavy (non-hydrogen) atoms. The maximum atomic E-state index is 13.2. The molecule has 1 aliphatic rings. The summed E-state index contributed by atoms with van der Waals surface area (Å²) in [6, 6.07) is 18.2. The third-order valence-corrected chi connectivity index (χ3v) is 9.39. The molecule has 5 rings (SSSR count). The van der Waals surface area contributed by atoms with Crippen LogP contribution in [0.1, 0.15) is 24.2 Å². The molecule has 0 spiro atoms. The number of amides is 1. The standard InChI is InChI=1S/C27H29N3O5S2/c1-18-16-29(17-19(2)35-18)37(32,33)22-11-8-21(9-12-22)26(31)28-27-30(14-15-34-3)24-13-10-20-6-4-5-7-23(20)25(24)36-27/h4-13,18-19H,14-17H2,1-3H3/t18-,19-/m1/s1. The number of thiazole rings is 1. The summed E-state index contributed by atoms with van der Waals surface area (Å²) in [4.78, 5) is 18.3. The highest BCUT2D eigenvalue weighted by Crippen LogP contribution is 2.28. The van der Waals surface area contributed by atoms with Crippen molar-refractivity contribution in [1.82, 2.24) is 8.87 Å². The van der Waals surface area contributed by atoms with Crippen molar-refractivity contribution < 1.29 is 22.7 Å². The predicted molar refractivity (Wildman–Crippen MR) is 144 cm³/mol. The summed E-state index contributed by atoms with van der Waals surface area (Å²) >= 11 is 1.46. The molecule has 1 fully saturated rings. The van der Waals surface area contributed by atoms with Gasteiger partial charge < -0.3 is 14.0 Å². The van der Waals surface area contributed by atoms with Crippen LogP contribution in [-0.2, 0) is 26.0 Å². The van der Waals surface area contributed by atoms with E-state index in [4.69, 9.17) is 9.47 Å². The number of morpholine rings is 1. The highest BCUT2D eigenvalue weighted by Gasteiger charge is 2.32. The van der Waals surface area contributed by atoms with E-state index in [-0.39, 0.29) is 17.1 Å². The van der Waals surface area contributed by atoms with E-state index in [1.54, 1.807) is 7.11 Å². The average molecular weight is 540 g/mol. The fourth-order valence-electron chi connectivity index (χ4n) is 4.68. The molecular formula is C27H29N3O5S2. The summed E-state index contributed by atoms with van der Waals surface area (Å²) in [7, 11) is -2.05. The lowest BCUT2D eigenvalue weighted by Crippen LogP contribution is -2.48. The van der Waals surface area contributed by atoms with Crippen LogP contribution in [0, 0.1) is 0 Å². The van der Waals surface area contributed by atoms with Gasteiger partial charge >= 0.3 is 0 Å². The number of sulfonamides is 1. The third-order valence-electron chi connectivity index (χ3n) is 6.42. The molecule has 1 saturated heterocycles. The van der Waals surface area contributed by atoms with Crippen molar-refractivity contribution in [2.24, 2.45) is 4.99 Å². The van der Waals surface area contributed by atoms with Crippen molar-refractivity contribution in [2.45, 2.75) is 37.5 Å². The van der Waals surface area contributed by atoms with Crippen LogP contribution < -0.4 is 4.80 Å². The number of methoxy groups -OCH3 is 1. The lowest BCUT2D eigenvalue weighted by atomic mass is 10.1. The van der Waals surface area contributed by atoms with Gasteiger partial charge in [-0.25, -0.2) is 8.42 Å². The molecule has 0 unspecified atom stereocenters. The summed E-state index contributed by atoms with van der Waals surface area (Å²) in [5.74, 6) is -0.431. The fourth-order valence-corrected chi connectivity index (χ4v) is 7.46. The van der Waals surface area contributed by atoms with E-state index in [9.17, 15) is 13.2 Å². The van der Waals surface area contributed by atoms with Gasteiger partial charge in [0.15, 0.2) is 4.80 Å². The maximum Gasteiger partial charge on any atom is 0.279 e. The number of nitrogens with zero attached hydrogens (tertiary/aromatic N) is 3. The zero-order chi connectivity index (χ0) is 26.2. The highest BCUT2D eigenvalue weighted by molar-refractivity contribution is 7.89. The molecule has 0 radical (unpaired) electrons. The third kappa shape index (κ3) is 5.12. The molecule has 4 aromatic rings. The molecule has 194 valence electrons. The Balaban J connectivity index is 1.49. The quantitative estimate of drug-likeness (QED) is 0.369. The molecular weight excluding hydrogens is 510 g/mol. The Kier molecular flexibility index (Phi) is 7.28. The first-order valence-electron chi connectivity index (χ1n) is 12.1. The first kappa shape index (κ1) is 25.7. The molecule has 2 atom stereocenters. The Hall–Kier alpha value is -2.89. The molecule has 0 saturated carbocycles. The largest absolute Gasteiger partial charge is 0.383 e. The molecule has 1 aliphatic heterocycles. The summed E-state index contributed by atoms with van der Waals surface area (Å²) in [5.41, 5.74) is 1.31. The second-order valence-electron chi connectivity index (χ2n) is 9.18. The van der Waals surface area contributed by atoms with Crippen LogP contribution in [0.3, 0.4) is 0 Å². The Labute approximate surface area is 219 Å². The Morgan fingerprint density at radius 3 is 2.46 bits per heavy atom. The van der Waals surface area contributed by atoms with E-state index in [1.807, 2.05) is 36.6 Å². The van der Waals surface area contributed by atoms with Gasteiger partial charge in [0.25, 0.3) is 5.91 Å². The maximum absolute atomic E-state index is 13.2. The lowest BCUT2D eigenvalue weighted by Gasteiger charge is -2.34. The summed E-state index contributed by atoms with van der Waals surface area (Å²) in [5, 5.41) is 2.22. The SMILES string of the molecule is COCCn1c(=NC(=O)c2ccc(S(=O)(=O)N3C[C@@H](C)O[C@H](C)C3)cc2)sc2c3ccccc3ccc21. The first-order valence-corrected chi connectivity index (χ1v) is 14.4. The zero-order valence-corrected chi connectivity index (χ0v) is 22.6. The van der Waals surface area contributed by atoms with E-state index in [2.05, 4.69) is 23.2 Å². The van der Waals surface area contributed by atoms with E-state index >= 15 is 0 Å². The van der Waals surface area contributed by atoms with Crippen molar-refractivity contribution in [3.63, 3.8) is 0 Å². The molecule has 0 aliphatic carbocycles. The number of fused-ring (bicyclic) bond motifs is 3. The number of carbonyl (C=O) groups is 1. The number of ether oxygens (including phenoxy) is 2. The van der Waals surface area contributed by atoms with Crippen LogP contribution in [0.15, 0.2) is 70.6 Å². The number of benzene rings is 3. The van der Waals surface area contributed by atoms with Gasteiger partial charge in [-0.3, -0.25) is 4.79 Å². The Morgan fingerprint density at radius 1 is 1.05 bits per heavy atom. The van der Waals surface area contributed by atoms with Crippen LogP contribution in [0.25, 0.3) is 21.0 Å². The molecule has 2 heterocycles. The topological polar surface area (TPSA) is 90.2 Å². The van der Waals surface area contributed by atoms with Crippen LogP contribution >= 0.6 is 11.3 Å². The van der Waals surface area contributed by atoms with Gasteiger partial charge in [-0.1, -0.05) is 41.7 Å². The van der Waals surface area contributed by atoms with Gasteiger partial charge in [-0.05, 0) is 49.6 Å². The second-order valence-corrected chi connectivity index (χ2v) is 12.1. The molecule has 8 nitrogen and oxygen atoms in total. The molecule has 10 heteroatoms. The molecule has 0 bridgehead atoms. The van der Waals surface area contributed by atoms with Crippen molar-refractivity contribution >= 4 is 48.3 Å². The highest BCUT2D eigenvalue weighted by atomic mass is 32.2. The average Bonchev–Trinajstić information content (AvgIpc) is 3.24. The monoisotopic (exact) mass is 539 g/mol. The number of hydrogen-bond acceptors (Lipinski definition) is 6. The van der Waals surface area contributed by atoms with Crippen molar-refractivity contribution in [1.29, 1.82) is 0 Å². The summed E-state index contributed by atoms with van der Waals surface area (Å²) < 4.78 is 41.7. The van der Waals surface area contributed by atoms with Gasteiger partial charge in [-0.2, -0.15) is 9.30 Å². The Morgan fingerprint density at radius 2 is 1.76 bits per heavy atom. The van der Waals surface area contributed by atoms with Crippen LogP contribution in [0.5, 0.6) is 0 Å². The lowest BCUT2D eigenvalue weighted by molar-refractivity contribution is -0.0440. The number of carbonyl (C=O) groups excluding carboxylic acids is 1. The van der Waals surface area contributed by atoms with E-state index in [1.165, 1.54) is 39.9 Å². The van der Waals surface area contributed by atoms with E-state index in [0.29, 0.717) is 36.6 Å². The van der Waals surface area contributed by atoms with Gasteiger partial charge in [-0.15, -0.1) is 0 Å². The van der Waals surface area contributed by atoms with Gasteiger partial charge in [0.1, 0.15) is 0 Å². The molecule has 3 aromatic carbocycles. The summed E-state index contributed by atoms with van der Waals surface area (Å²) in [6.07, 6.45) is -0.359. The smallest absolute Gasteiger partial charge is 0.279 e. The van der Waals surface area contributed by atoms with Crippen LogP contribution in [0.4, 0.5) is 0 Å². The normalized spacial score (nSPS) is 19.6. The number of hydrogen-bond donors (Lipinski definition) is 0. The van der Waals surface area contributed by atoms with E-state index < -0.39 is 15.9 Å². The minimum atomic E-state index is -3.69. The van der Waals surface area contributed by atoms with Crippen molar-refractivity contribution in [3.8, 4) is 0 Å². The van der Waals surface area contributed by atoms with Crippen LogP contribution in [-0.4, -0.2) is 62.2 Å². The Bertz CT molecular complexity index is 1610. The molecule has 0 N–H and O–H groups in total. The van der Waals surface area contributed by atoms with Gasteiger partial charge in [0.05, 0.1) is 33.9 Å². The molecule has 1 amide bonds.